The standard InChI is InChI=1S/C15H34O6Si2/c1-16-12-11(10-19-22(4,5)6)20-15(21-23(7,8)9)14(18-3)13(12)17-2/h11-15H,10H2,1-9H3. The molecule has 1 aliphatic rings. The van der Waals surface area contributed by atoms with E-state index in [1.165, 1.54) is 0 Å². The van der Waals surface area contributed by atoms with Crippen LogP contribution in [0.4, 0.5) is 0 Å². The minimum absolute atomic E-state index is 0.246. The molecule has 0 amide bonds. The maximum atomic E-state index is 6.18. The van der Waals surface area contributed by atoms with E-state index in [2.05, 4.69) is 39.3 Å². The van der Waals surface area contributed by atoms with Gasteiger partial charge in [0.1, 0.15) is 24.4 Å². The quantitative estimate of drug-likeness (QED) is 0.615. The van der Waals surface area contributed by atoms with Gasteiger partial charge in [-0.25, -0.2) is 0 Å². The van der Waals surface area contributed by atoms with Gasteiger partial charge in [-0.1, -0.05) is 0 Å². The van der Waals surface area contributed by atoms with Gasteiger partial charge < -0.3 is 27.8 Å². The zero-order valence-electron chi connectivity index (χ0n) is 16.0. The van der Waals surface area contributed by atoms with Crippen molar-refractivity contribution in [2.75, 3.05) is 27.9 Å². The summed E-state index contributed by atoms with van der Waals surface area (Å²) >= 11 is 0. The fourth-order valence-electron chi connectivity index (χ4n) is 2.59. The van der Waals surface area contributed by atoms with Crippen LogP contribution in [0, 0.1) is 0 Å². The van der Waals surface area contributed by atoms with Gasteiger partial charge in [-0.15, -0.1) is 0 Å². The predicted octanol–water partition coefficient (Wildman–Crippen LogP) is 2.46. The highest BCUT2D eigenvalue weighted by Crippen LogP contribution is 2.30. The Morgan fingerprint density at radius 1 is 0.739 bits per heavy atom. The zero-order chi connectivity index (χ0) is 17.8. The van der Waals surface area contributed by atoms with E-state index in [1.54, 1.807) is 21.3 Å². The Bertz CT molecular complexity index is 355. The van der Waals surface area contributed by atoms with Crippen LogP contribution in [0.2, 0.25) is 39.3 Å². The largest absolute Gasteiger partial charge is 0.415 e. The van der Waals surface area contributed by atoms with Gasteiger partial charge in [-0.3, -0.25) is 0 Å². The second-order valence-corrected chi connectivity index (χ2v) is 16.8. The highest BCUT2D eigenvalue weighted by Gasteiger charge is 2.48. The second-order valence-electron chi connectivity index (χ2n) is 7.80. The van der Waals surface area contributed by atoms with Crippen LogP contribution in [-0.2, 0) is 27.8 Å². The Morgan fingerprint density at radius 2 is 1.26 bits per heavy atom. The van der Waals surface area contributed by atoms with E-state index in [4.69, 9.17) is 27.8 Å². The number of rotatable bonds is 8. The van der Waals surface area contributed by atoms with Crippen LogP contribution in [-0.4, -0.2) is 75.3 Å². The molecule has 0 saturated carbocycles. The van der Waals surface area contributed by atoms with E-state index in [0.29, 0.717) is 6.61 Å². The molecule has 6 nitrogen and oxygen atoms in total. The highest BCUT2D eigenvalue weighted by molar-refractivity contribution is 6.70. The number of ether oxygens (including phenoxy) is 4. The van der Waals surface area contributed by atoms with E-state index < -0.39 is 22.9 Å². The van der Waals surface area contributed by atoms with Crippen molar-refractivity contribution in [2.45, 2.75) is 70.0 Å². The molecule has 8 heteroatoms. The topological polar surface area (TPSA) is 55.4 Å². The molecule has 1 heterocycles. The molecule has 1 saturated heterocycles. The summed E-state index contributed by atoms with van der Waals surface area (Å²) in [4.78, 5) is 0. The molecule has 0 aromatic heterocycles. The summed E-state index contributed by atoms with van der Waals surface area (Å²) in [6, 6.07) is 0. The minimum atomic E-state index is -1.80. The molecule has 1 aliphatic heterocycles. The number of hydrogen-bond acceptors (Lipinski definition) is 6. The SMILES string of the molecule is COC1C(CO[Si](C)(C)C)OC(O[Si](C)(C)C)C(OC)C1OC. The summed E-state index contributed by atoms with van der Waals surface area (Å²) in [6.45, 7) is 13.3. The number of hydrogen-bond donors (Lipinski definition) is 0. The Kier molecular flexibility index (Phi) is 7.87. The van der Waals surface area contributed by atoms with Crippen LogP contribution in [0.15, 0.2) is 0 Å². The zero-order valence-corrected chi connectivity index (χ0v) is 18.0. The lowest BCUT2D eigenvalue weighted by atomic mass is 9.99. The fraction of sp³-hybridized carbons (Fsp3) is 1.00. The molecular weight excluding hydrogens is 332 g/mol. The summed E-state index contributed by atoms with van der Waals surface area (Å²) < 4.78 is 35.3. The third-order valence-corrected chi connectivity index (χ3v) is 5.53. The van der Waals surface area contributed by atoms with Crippen molar-refractivity contribution < 1.29 is 27.8 Å². The first kappa shape index (κ1) is 21.2. The van der Waals surface area contributed by atoms with E-state index in [9.17, 15) is 0 Å². The van der Waals surface area contributed by atoms with Crippen LogP contribution in [0.1, 0.15) is 0 Å². The molecule has 0 bridgehead atoms. The van der Waals surface area contributed by atoms with Gasteiger partial charge in [-0.05, 0) is 39.3 Å². The van der Waals surface area contributed by atoms with Crippen molar-refractivity contribution in [3.8, 4) is 0 Å². The van der Waals surface area contributed by atoms with E-state index in [1.807, 2.05) is 0 Å². The molecule has 5 atom stereocenters. The molecule has 0 aromatic rings. The molecule has 0 N–H and O–H groups in total. The Hall–Kier alpha value is 0.194. The second kappa shape index (κ2) is 8.53. The van der Waals surface area contributed by atoms with Crippen molar-refractivity contribution in [3.05, 3.63) is 0 Å². The van der Waals surface area contributed by atoms with Gasteiger partial charge in [-0.2, -0.15) is 0 Å². The van der Waals surface area contributed by atoms with Crippen LogP contribution >= 0.6 is 0 Å². The normalized spacial score (nSPS) is 33.0. The minimum Gasteiger partial charge on any atom is -0.415 e. The first-order chi connectivity index (χ1) is 10.5. The fourth-order valence-corrected chi connectivity index (χ4v) is 4.14. The molecule has 0 spiro atoms. The van der Waals surface area contributed by atoms with Gasteiger partial charge in [0.2, 0.25) is 0 Å². The number of methoxy groups -OCH3 is 3. The molecule has 0 aromatic carbocycles. The first-order valence-electron chi connectivity index (χ1n) is 8.08. The average Bonchev–Trinajstić information content (AvgIpc) is 2.41. The van der Waals surface area contributed by atoms with E-state index >= 15 is 0 Å². The molecule has 138 valence electrons. The Morgan fingerprint density at radius 3 is 1.65 bits per heavy atom. The molecule has 0 aliphatic carbocycles. The molecule has 0 radical (unpaired) electrons. The predicted molar refractivity (Wildman–Crippen MR) is 94.8 cm³/mol. The Balaban J connectivity index is 2.95. The van der Waals surface area contributed by atoms with Crippen LogP contribution in [0.25, 0.3) is 0 Å². The lowest BCUT2D eigenvalue weighted by Gasteiger charge is -2.46. The average molecular weight is 367 g/mol. The van der Waals surface area contributed by atoms with Gasteiger partial charge in [0.15, 0.2) is 22.9 Å². The Labute approximate surface area is 143 Å². The van der Waals surface area contributed by atoms with E-state index in [0.717, 1.165) is 0 Å². The third kappa shape index (κ3) is 6.54. The summed E-state index contributed by atoms with van der Waals surface area (Å²) in [6.07, 6.45) is -1.58. The van der Waals surface area contributed by atoms with Gasteiger partial charge in [0.05, 0.1) is 6.61 Å². The van der Waals surface area contributed by atoms with Crippen LogP contribution < -0.4 is 0 Å². The van der Waals surface area contributed by atoms with Crippen molar-refractivity contribution in [1.29, 1.82) is 0 Å². The molecule has 1 fully saturated rings. The monoisotopic (exact) mass is 366 g/mol. The van der Waals surface area contributed by atoms with Crippen LogP contribution in [0.5, 0.6) is 0 Å². The maximum absolute atomic E-state index is 6.18. The summed E-state index contributed by atoms with van der Waals surface area (Å²) in [7, 11) is 1.52. The van der Waals surface area contributed by atoms with Crippen molar-refractivity contribution in [3.63, 3.8) is 0 Å². The lowest BCUT2D eigenvalue weighted by Crippen LogP contribution is -2.62. The van der Waals surface area contributed by atoms with Crippen molar-refractivity contribution in [2.24, 2.45) is 0 Å². The molecular formula is C15H34O6Si2. The van der Waals surface area contributed by atoms with Crippen molar-refractivity contribution >= 4 is 16.6 Å². The smallest absolute Gasteiger partial charge is 0.187 e. The maximum Gasteiger partial charge on any atom is 0.187 e. The summed E-state index contributed by atoms with van der Waals surface area (Å²) in [5.74, 6) is 0. The molecule has 1 rings (SSSR count). The van der Waals surface area contributed by atoms with E-state index in [-0.39, 0.29) is 24.4 Å². The van der Waals surface area contributed by atoms with Crippen molar-refractivity contribution in [1.82, 2.24) is 0 Å². The lowest BCUT2D eigenvalue weighted by molar-refractivity contribution is -0.292. The molecule has 23 heavy (non-hydrogen) atoms. The summed E-state index contributed by atoms with van der Waals surface area (Å²) in [5.41, 5.74) is 0. The first-order valence-corrected chi connectivity index (χ1v) is 14.9. The van der Waals surface area contributed by atoms with Gasteiger partial charge in [0, 0.05) is 21.3 Å². The third-order valence-electron chi connectivity index (χ3n) is 3.56. The molecule has 5 unspecified atom stereocenters. The van der Waals surface area contributed by atoms with Gasteiger partial charge >= 0.3 is 0 Å². The summed E-state index contributed by atoms with van der Waals surface area (Å²) in [5, 5.41) is 0. The highest BCUT2D eigenvalue weighted by atomic mass is 28.4. The van der Waals surface area contributed by atoms with Crippen LogP contribution in [0.3, 0.4) is 0 Å². The van der Waals surface area contributed by atoms with Gasteiger partial charge in [0.25, 0.3) is 0 Å².